The van der Waals surface area contributed by atoms with Gasteiger partial charge in [0.2, 0.25) is 0 Å². The number of nitrogen functional groups attached to an aromatic ring is 1. The average Bonchev–Trinajstić information content (AvgIpc) is 2.92. The molecule has 0 radical (unpaired) electrons. The standard InChI is InChI=1S/C18H23N7/c1-10(2)25-8-14(9-25)20-17-15-11(3)23-24-18(15)22-16(21-17)12-4-6-13(19)7-5-12/h4-7,10,14H,8-9,19H2,1-3H3,(H2,20,21,22,23,24). The van der Waals surface area contributed by atoms with E-state index in [2.05, 4.69) is 39.2 Å². The minimum Gasteiger partial charge on any atom is -0.399 e. The summed E-state index contributed by atoms with van der Waals surface area (Å²) in [7, 11) is 0. The number of anilines is 2. The molecule has 7 heteroatoms. The third-order valence-electron chi connectivity index (χ3n) is 4.74. The third-order valence-corrected chi connectivity index (χ3v) is 4.74. The number of aryl methyl sites for hydroxylation is 1. The van der Waals surface area contributed by atoms with Gasteiger partial charge in [-0.2, -0.15) is 5.10 Å². The van der Waals surface area contributed by atoms with Crippen molar-refractivity contribution in [2.75, 3.05) is 24.1 Å². The largest absolute Gasteiger partial charge is 0.399 e. The van der Waals surface area contributed by atoms with Gasteiger partial charge in [0, 0.05) is 36.1 Å². The van der Waals surface area contributed by atoms with Gasteiger partial charge in [0.1, 0.15) is 5.82 Å². The van der Waals surface area contributed by atoms with Crippen molar-refractivity contribution in [2.45, 2.75) is 32.9 Å². The predicted octanol–water partition coefficient (Wildman–Crippen LogP) is 2.42. The molecular weight excluding hydrogens is 314 g/mol. The Morgan fingerprint density at radius 3 is 2.60 bits per heavy atom. The summed E-state index contributed by atoms with van der Waals surface area (Å²) in [6, 6.07) is 8.56. The molecule has 0 saturated carbocycles. The Kier molecular flexibility index (Phi) is 3.80. The molecule has 1 fully saturated rings. The Balaban J connectivity index is 1.69. The first-order valence-electron chi connectivity index (χ1n) is 8.60. The van der Waals surface area contributed by atoms with Crippen LogP contribution in [0.5, 0.6) is 0 Å². The number of hydrogen-bond donors (Lipinski definition) is 3. The Labute approximate surface area is 146 Å². The first-order chi connectivity index (χ1) is 12.0. The molecule has 7 nitrogen and oxygen atoms in total. The molecule has 1 aliphatic rings. The molecule has 25 heavy (non-hydrogen) atoms. The zero-order chi connectivity index (χ0) is 17.6. The van der Waals surface area contributed by atoms with Crippen LogP contribution in [0.1, 0.15) is 19.5 Å². The highest BCUT2D eigenvalue weighted by molar-refractivity contribution is 5.90. The van der Waals surface area contributed by atoms with Gasteiger partial charge in [0.15, 0.2) is 11.5 Å². The first-order valence-corrected chi connectivity index (χ1v) is 8.60. The number of hydrogen-bond acceptors (Lipinski definition) is 6. The maximum absolute atomic E-state index is 5.78. The number of fused-ring (bicyclic) bond motifs is 1. The van der Waals surface area contributed by atoms with Crippen LogP contribution in [-0.4, -0.2) is 50.2 Å². The molecule has 4 rings (SSSR count). The lowest BCUT2D eigenvalue weighted by molar-refractivity contribution is 0.122. The quantitative estimate of drug-likeness (QED) is 0.633. The van der Waals surface area contributed by atoms with Gasteiger partial charge in [0.05, 0.1) is 11.4 Å². The highest BCUT2D eigenvalue weighted by Crippen LogP contribution is 2.28. The van der Waals surface area contributed by atoms with Crippen molar-refractivity contribution in [1.82, 2.24) is 25.1 Å². The molecule has 1 saturated heterocycles. The van der Waals surface area contributed by atoms with Gasteiger partial charge < -0.3 is 11.1 Å². The molecule has 0 atom stereocenters. The van der Waals surface area contributed by atoms with Crippen molar-refractivity contribution in [3.63, 3.8) is 0 Å². The summed E-state index contributed by atoms with van der Waals surface area (Å²) in [5.74, 6) is 1.50. The maximum atomic E-state index is 5.78. The molecule has 0 aliphatic carbocycles. The maximum Gasteiger partial charge on any atom is 0.186 e. The first kappa shape index (κ1) is 15.8. The van der Waals surface area contributed by atoms with Crippen LogP contribution in [-0.2, 0) is 0 Å². The molecule has 2 aromatic heterocycles. The SMILES string of the molecule is Cc1[nH]nc2nc(-c3ccc(N)cc3)nc(NC3CN(C(C)C)C3)c12. The van der Waals surface area contributed by atoms with E-state index in [1.54, 1.807) is 0 Å². The second-order valence-corrected chi connectivity index (χ2v) is 6.95. The van der Waals surface area contributed by atoms with Gasteiger partial charge in [-0.1, -0.05) is 0 Å². The second-order valence-electron chi connectivity index (χ2n) is 6.95. The van der Waals surface area contributed by atoms with Crippen molar-refractivity contribution >= 4 is 22.5 Å². The van der Waals surface area contributed by atoms with E-state index in [0.717, 1.165) is 41.2 Å². The minimum atomic E-state index is 0.397. The van der Waals surface area contributed by atoms with Crippen molar-refractivity contribution in [3.05, 3.63) is 30.0 Å². The molecule has 0 unspecified atom stereocenters. The van der Waals surface area contributed by atoms with E-state index in [-0.39, 0.29) is 0 Å². The molecule has 0 amide bonds. The molecule has 1 aromatic carbocycles. The monoisotopic (exact) mass is 337 g/mol. The number of rotatable bonds is 4. The number of likely N-dealkylation sites (tertiary alicyclic amines) is 1. The smallest absolute Gasteiger partial charge is 0.186 e. The Morgan fingerprint density at radius 1 is 1.20 bits per heavy atom. The van der Waals surface area contributed by atoms with E-state index >= 15 is 0 Å². The third kappa shape index (κ3) is 2.91. The number of benzene rings is 1. The van der Waals surface area contributed by atoms with E-state index in [1.165, 1.54) is 0 Å². The Hall–Kier alpha value is -2.67. The molecular formula is C18H23N7. The average molecular weight is 337 g/mol. The molecule has 130 valence electrons. The fourth-order valence-electron chi connectivity index (χ4n) is 3.15. The summed E-state index contributed by atoms with van der Waals surface area (Å²) in [5, 5.41) is 11.9. The fraction of sp³-hybridized carbons (Fsp3) is 0.389. The second kappa shape index (κ2) is 6.00. The number of H-pyrrole nitrogens is 1. The van der Waals surface area contributed by atoms with Crippen LogP contribution < -0.4 is 11.1 Å². The minimum absolute atomic E-state index is 0.397. The van der Waals surface area contributed by atoms with E-state index in [4.69, 9.17) is 10.7 Å². The summed E-state index contributed by atoms with van der Waals surface area (Å²) >= 11 is 0. The number of nitrogens with two attached hydrogens (primary N) is 1. The topological polar surface area (TPSA) is 95.8 Å². The van der Waals surface area contributed by atoms with Gasteiger partial charge in [-0.25, -0.2) is 9.97 Å². The molecule has 0 spiro atoms. The predicted molar refractivity (Wildman–Crippen MR) is 100 cm³/mol. The highest BCUT2D eigenvalue weighted by atomic mass is 15.3. The van der Waals surface area contributed by atoms with E-state index in [9.17, 15) is 0 Å². The summed E-state index contributed by atoms with van der Waals surface area (Å²) < 4.78 is 0. The zero-order valence-corrected chi connectivity index (χ0v) is 14.7. The number of aromatic nitrogens is 4. The van der Waals surface area contributed by atoms with Crippen molar-refractivity contribution in [2.24, 2.45) is 0 Å². The fourth-order valence-corrected chi connectivity index (χ4v) is 3.15. The van der Waals surface area contributed by atoms with Crippen molar-refractivity contribution < 1.29 is 0 Å². The lowest BCUT2D eigenvalue weighted by atomic mass is 10.1. The lowest BCUT2D eigenvalue weighted by Crippen LogP contribution is -2.57. The van der Waals surface area contributed by atoms with Gasteiger partial charge in [-0.05, 0) is 45.0 Å². The van der Waals surface area contributed by atoms with E-state index < -0.39 is 0 Å². The van der Waals surface area contributed by atoms with E-state index in [1.807, 2.05) is 31.2 Å². The Morgan fingerprint density at radius 2 is 1.92 bits per heavy atom. The van der Waals surface area contributed by atoms with Crippen LogP contribution >= 0.6 is 0 Å². The molecule has 0 bridgehead atoms. The number of nitrogens with one attached hydrogen (secondary N) is 2. The van der Waals surface area contributed by atoms with Gasteiger partial charge in [-0.15, -0.1) is 0 Å². The lowest BCUT2D eigenvalue weighted by Gasteiger charge is -2.42. The summed E-state index contributed by atoms with van der Waals surface area (Å²) in [6.45, 7) is 8.49. The van der Waals surface area contributed by atoms with Crippen molar-refractivity contribution in [1.29, 1.82) is 0 Å². The van der Waals surface area contributed by atoms with Crippen LogP contribution in [0.15, 0.2) is 24.3 Å². The normalized spacial score (nSPS) is 15.7. The molecule has 1 aliphatic heterocycles. The number of aromatic amines is 1. The van der Waals surface area contributed by atoms with Crippen LogP contribution in [0, 0.1) is 6.92 Å². The molecule has 3 aromatic rings. The van der Waals surface area contributed by atoms with E-state index in [0.29, 0.717) is 23.6 Å². The summed E-state index contributed by atoms with van der Waals surface area (Å²) in [6.07, 6.45) is 0. The molecule has 3 heterocycles. The highest BCUT2D eigenvalue weighted by Gasteiger charge is 2.29. The van der Waals surface area contributed by atoms with Gasteiger partial charge in [0.25, 0.3) is 0 Å². The Bertz CT molecular complexity index is 892. The van der Waals surface area contributed by atoms with Crippen LogP contribution in [0.4, 0.5) is 11.5 Å². The molecule has 4 N–H and O–H groups in total. The number of nitrogens with zero attached hydrogens (tertiary/aromatic N) is 4. The summed E-state index contributed by atoms with van der Waals surface area (Å²) in [5.41, 5.74) is 9.09. The van der Waals surface area contributed by atoms with Crippen LogP contribution in [0.3, 0.4) is 0 Å². The summed E-state index contributed by atoms with van der Waals surface area (Å²) in [4.78, 5) is 11.8. The van der Waals surface area contributed by atoms with Crippen LogP contribution in [0.25, 0.3) is 22.4 Å². The van der Waals surface area contributed by atoms with Gasteiger partial charge >= 0.3 is 0 Å². The zero-order valence-electron chi connectivity index (χ0n) is 14.7. The van der Waals surface area contributed by atoms with Crippen molar-refractivity contribution in [3.8, 4) is 11.4 Å². The van der Waals surface area contributed by atoms with Crippen LogP contribution in [0.2, 0.25) is 0 Å². The van der Waals surface area contributed by atoms with Gasteiger partial charge in [-0.3, -0.25) is 10.00 Å².